The third-order valence-corrected chi connectivity index (χ3v) is 3.81. The highest BCUT2D eigenvalue weighted by molar-refractivity contribution is 5.66. The van der Waals surface area contributed by atoms with Gasteiger partial charge in [0.2, 0.25) is 5.88 Å². The maximum Gasteiger partial charge on any atom is 0.353 e. The van der Waals surface area contributed by atoms with Crippen molar-refractivity contribution in [2.75, 3.05) is 13.2 Å². The summed E-state index contributed by atoms with van der Waals surface area (Å²) < 4.78 is 22.0. The fraction of sp³-hybridized carbons (Fsp3) is 0.625. The van der Waals surface area contributed by atoms with E-state index in [0.29, 0.717) is 6.61 Å². The second kappa shape index (κ2) is 7.83. The van der Waals surface area contributed by atoms with Gasteiger partial charge in [0.15, 0.2) is 12.3 Å². The van der Waals surface area contributed by atoms with E-state index in [1.54, 1.807) is 6.92 Å². The van der Waals surface area contributed by atoms with E-state index in [1.165, 1.54) is 33.0 Å². The first-order valence-electron chi connectivity index (χ1n) is 8.07. The predicted molar refractivity (Wildman–Crippen MR) is 86.4 cm³/mol. The quantitative estimate of drug-likeness (QED) is 0.676. The van der Waals surface area contributed by atoms with Gasteiger partial charge in [0.05, 0.1) is 6.61 Å². The summed E-state index contributed by atoms with van der Waals surface area (Å²) in [6.45, 7) is 5.60. The van der Waals surface area contributed by atoms with Crippen molar-refractivity contribution >= 4 is 11.9 Å². The molecule has 1 aliphatic heterocycles. The molecule has 2 heterocycles. The van der Waals surface area contributed by atoms with E-state index in [0.717, 1.165) is 4.57 Å². The summed E-state index contributed by atoms with van der Waals surface area (Å²) in [7, 11) is 0. The molecule has 0 amide bonds. The number of aromatic nitrogens is 2. The monoisotopic (exact) mass is 370 g/mol. The summed E-state index contributed by atoms with van der Waals surface area (Å²) >= 11 is 0. The number of esters is 2. The fourth-order valence-corrected chi connectivity index (χ4v) is 2.74. The van der Waals surface area contributed by atoms with Gasteiger partial charge < -0.3 is 24.1 Å². The normalized spacial score (nSPS) is 27.8. The minimum atomic E-state index is -1.77. The zero-order chi connectivity index (χ0) is 19.5. The molecule has 0 aliphatic carbocycles. The van der Waals surface area contributed by atoms with E-state index >= 15 is 0 Å². The Labute approximate surface area is 149 Å². The standard InChI is InChI=1S/C16H22N2O8/c1-5-23-12-6-7-18(15(21)17-12)14-16(4,22)13(25-10(3)20)11(26-14)8-24-9(2)19/h6-7,11,13-14,22H,5,8H2,1-4H3/t11-,13?,14-,16-/m1/s1. The molecule has 1 N–H and O–H groups in total. The lowest BCUT2D eigenvalue weighted by molar-refractivity contribution is -0.163. The number of hydrogen-bond donors (Lipinski definition) is 1. The molecule has 1 fully saturated rings. The largest absolute Gasteiger partial charge is 0.478 e. The molecule has 0 spiro atoms. The van der Waals surface area contributed by atoms with E-state index < -0.39 is 41.7 Å². The average Bonchev–Trinajstić information content (AvgIpc) is 2.77. The van der Waals surface area contributed by atoms with Gasteiger partial charge in [-0.2, -0.15) is 4.98 Å². The molecule has 10 nitrogen and oxygen atoms in total. The van der Waals surface area contributed by atoms with Gasteiger partial charge in [-0.25, -0.2) is 4.79 Å². The van der Waals surface area contributed by atoms with Crippen molar-refractivity contribution in [1.82, 2.24) is 9.55 Å². The van der Waals surface area contributed by atoms with Gasteiger partial charge in [0, 0.05) is 26.1 Å². The van der Waals surface area contributed by atoms with Gasteiger partial charge in [0.25, 0.3) is 0 Å². The minimum Gasteiger partial charge on any atom is -0.478 e. The van der Waals surface area contributed by atoms with Crippen molar-refractivity contribution in [3.63, 3.8) is 0 Å². The maximum atomic E-state index is 12.3. The van der Waals surface area contributed by atoms with Gasteiger partial charge in [-0.3, -0.25) is 14.2 Å². The Morgan fingerprint density at radius 2 is 2.08 bits per heavy atom. The van der Waals surface area contributed by atoms with Gasteiger partial charge in [0.1, 0.15) is 18.3 Å². The number of aliphatic hydroxyl groups is 1. The van der Waals surface area contributed by atoms with Crippen LogP contribution in [0.3, 0.4) is 0 Å². The van der Waals surface area contributed by atoms with E-state index in [1.807, 2.05) is 0 Å². The van der Waals surface area contributed by atoms with Gasteiger partial charge in [-0.05, 0) is 13.8 Å². The Bertz CT molecular complexity index is 729. The van der Waals surface area contributed by atoms with Crippen LogP contribution >= 0.6 is 0 Å². The van der Waals surface area contributed by atoms with Gasteiger partial charge >= 0.3 is 17.6 Å². The molecule has 0 aromatic carbocycles. The van der Waals surface area contributed by atoms with Crippen molar-refractivity contribution in [2.24, 2.45) is 0 Å². The molecule has 0 radical (unpaired) electrons. The predicted octanol–water partition coefficient (Wildman–Crippen LogP) is -0.215. The summed E-state index contributed by atoms with van der Waals surface area (Å²) in [5.41, 5.74) is -2.48. The van der Waals surface area contributed by atoms with Gasteiger partial charge in [-0.1, -0.05) is 0 Å². The van der Waals surface area contributed by atoms with Crippen LogP contribution in [0.2, 0.25) is 0 Å². The van der Waals surface area contributed by atoms with Crippen LogP contribution in [0.25, 0.3) is 0 Å². The summed E-state index contributed by atoms with van der Waals surface area (Å²) in [6.07, 6.45) is -1.95. The zero-order valence-electron chi connectivity index (χ0n) is 15.0. The SMILES string of the molecule is CCOc1ccn([C@@H]2O[C@H](COC(C)=O)C(OC(C)=O)[C@@]2(C)O)c(=O)n1. The molecule has 26 heavy (non-hydrogen) atoms. The second-order valence-electron chi connectivity index (χ2n) is 5.97. The average molecular weight is 370 g/mol. The number of carbonyl (C=O) groups is 2. The fourth-order valence-electron chi connectivity index (χ4n) is 2.74. The molecule has 1 aromatic rings. The van der Waals surface area contributed by atoms with Crippen LogP contribution in [0, 0.1) is 0 Å². The highest BCUT2D eigenvalue weighted by atomic mass is 16.6. The topological polar surface area (TPSA) is 126 Å². The smallest absolute Gasteiger partial charge is 0.353 e. The Morgan fingerprint density at radius 1 is 1.38 bits per heavy atom. The Kier molecular flexibility index (Phi) is 5.98. The van der Waals surface area contributed by atoms with Crippen molar-refractivity contribution < 1.29 is 33.6 Å². The van der Waals surface area contributed by atoms with Crippen molar-refractivity contribution in [1.29, 1.82) is 0 Å². The van der Waals surface area contributed by atoms with Crippen LogP contribution < -0.4 is 10.4 Å². The van der Waals surface area contributed by atoms with Gasteiger partial charge in [-0.15, -0.1) is 0 Å². The van der Waals surface area contributed by atoms with Crippen LogP contribution in [0.1, 0.15) is 33.9 Å². The van der Waals surface area contributed by atoms with E-state index in [-0.39, 0.29) is 12.5 Å². The molecule has 10 heteroatoms. The Hall–Kier alpha value is -2.46. The first-order chi connectivity index (χ1) is 12.2. The molecule has 1 aromatic heterocycles. The Morgan fingerprint density at radius 3 is 2.62 bits per heavy atom. The lowest BCUT2D eigenvalue weighted by atomic mass is 9.96. The van der Waals surface area contributed by atoms with Crippen molar-refractivity contribution in [3.8, 4) is 5.88 Å². The molecule has 1 saturated heterocycles. The first kappa shape index (κ1) is 19.9. The van der Waals surface area contributed by atoms with Crippen LogP contribution in [-0.2, 0) is 23.8 Å². The molecule has 2 rings (SSSR count). The summed E-state index contributed by atoms with van der Waals surface area (Å²) in [6, 6.07) is 1.45. The second-order valence-corrected chi connectivity index (χ2v) is 5.97. The maximum absolute atomic E-state index is 12.3. The molecule has 4 atom stereocenters. The molecular weight excluding hydrogens is 348 g/mol. The van der Waals surface area contributed by atoms with Crippen LogP contribution in [0.5, 0.6) is 5.88 Å². The minimum absolute atomic E-state index is 0.138. The van der Waals surface area contributed by atoms with Crippen molar-refractivity contribution in [2.45, 2.75) is 51.7 Å². The Balaban J connectivity index is 2.34. The molecule has 0 bridgehead atoms. The number of nitrogens with zero attached hydrogens (tertiary/aromatic N) is 2. The van der Waals surface area contributed by atoms with Crippen LogP contribution in [-0.4, -0.2) is 57.6 Å². The molecule has 1 aliphatic rings. The molecule has 144 valence electrons. The lowest BCUT2D eigenvalue weighted by Crippen LogP contribution is -2.48. The van der Waals surface area contributed by atoms with Crippen LogP contribution in [0.4, 0.5) is 0 Å². The summed E-state index contributed by atoms with van der Waals surface area (Å²) in [5, 5.41) is 10.9. The van der Waals surface area contributed by atoms with Crippen molar-refractivity contribution in [3.05, 3.63) is 22.7 Å². The molecule has 1 unspecified atom stereocenters. The number of hydrogen-bond acceptors (Lipinski definition) is 9. The third kappa shape index (κ3) is 4.20. The highest BCUT2D eigenvalue weighted by Crippen LogP contribution is 2.39. The number of ether oxygens (including phenoxy) is 4. The first-order valence-corrected chi connectivity index (χ1v) is 8.07. The number of rotatable bonds is 6. The highest BCUT2D eigenvalue weighted by Gasteiger charge is 2.56. The molecule has 0 saturated carbocycles. The summed E-state index contributed by atoms with van der Waals surface area (Å²) in [5.74, 6) is -1.07. The molecular formula is C16H22N2O8. The zero-order valence-corrected chi connectivity index (χ0v) is 15.0. The van der Waals surface area contributed by atoms with E-state index in [2.05, 4.69) is 4.98 Å². The van der Waals surface area contributed by atoms with Crippen LogP contribution in [0.15, 0.2) is 17.1 Å². The third-order valence-electron chi connectivity index (χ3n) is 3.81. The van der Waals surface area contributed by atoms with E-state index in [9.17, 15) is 19.5 Å². The lowest BCUT2D eigenvalue weighted by Gasteiger charge is -2.29. The summed E-state index contributed by atoms with van der Waals surface area (Å²) in [4.78, 5) is 38.5. The number of carbonyl (C=O) groups excluding carboxylic acids is 2. The van der Waals surface area contributed by atoms with E-state index in [4.69, 9.17) is 18.9 Å².